The van der Waals surface area contributed by atoms with Gasteiger partial charge in [-0.05, 0) is 17.5 Å². The summed E-state index contributed by atoms with van der Waals surface area (Å²) in [6.07, 6.45) is 3.41. The van der Waals surface area contributed by atoms with Crippen LogP contribution in [0.1, 0.15) is 0 Å². The Kier molecular flexibility index (Phi) is 4.00. The van der Waals surface area contributed by atoms with Crippen molar-refractivity contribution in [3.8, 4) is 10.6 Å². The lowest BCUT2D eigenvalue weighted by atomic mass is 10.2. The van der Waals surface area contributed by atoms with Crippen molar-refractivity contribution in [1.29, 1.82) is 0 Å². The van der Waals surface area contributed by atoms with Crippen LogP contribution in [0.3, 0.4) is 0 Å². The summed E-state index contributed by atoms with van der Waals surface area (Å²) in [6, 6.07) is 9.60. The molecule has 0 bridgehead atoms. The Morgan fingerprint density at radius 2 is 1.88 bits per heavy atom. The highest BCUT2D eigenvalue weighted by Gasteiger charge is 2.19. The summed E-state index contributed by atoms with van der Waals surface area (Å²) in [6.45, 7) is 3.56. The first-order valence-corrected chi connectivity index (χ1v) is 8.72. The molecule has 1 fully saturated rings. The number of aromatic amines is 1. The van der Waals surface area contributed by atoms with Crippen molar-refractivity contribution >= 4 is 22.8 Å². The first-order chi connectivity index (χ1) is 11.8. The molecule has 6 nitrogen and oxygen atoms in total. The number of pyridine rings is 1. The Bertz CT molecular complexity index is 848. The molecule has 1 aliphatic rings. The van der Waals surface area contributed by atoms with Crippen molar-refractivity contribution in [3.05, 3.63) is 58.6 Å². The van der Waals surface area contributed by atoms with Gasteiger partial charge < -0.3 is 14.8 Å². The summed E-state index contributed by atoms with van der Waals surface area (Å²) in [5.41, 5.74) is 1.95. The predicted octanol–water partition coefficient (Wildman–Crippen LogP) is 2.22. The van der Waals surface area contributed by atoms with E-state index in [1.54, 1.807) is 29.9 Å². The van der Waals surface area contributed by atoms with Crippen LogP contribution in [-0.4, -0.2) is 41.1 Å². The standard InChI is InChI=1S/C17H17N5OS/c23-17-4-3-13(11-18-17)21-5-7-22(8-6-21)16-10-14(19-12-20-16)15-2-1-9-24-15/h1-4,9-12H,5-8H2,(H,18,23). The van der Waals surface area contributed by atoms with Crippen LogP contribution in [-0.2, 0) is 0 Å². The molecule has 4 rings (SSSR count). The van der Waals surface area contributed by atoms with Crippen molar-refractivity contribution in [2.24, 2.45) is 0 Å². The third-order valence-electron chi connectivity index (χ3n) is 4.16. The normalized spacial score (nSPS) is 14.8. The van der Waals surface area contributed by atoms with Crippen LogP contribution in [0.15, 0.2) is 53.0 Å². The zero-order valence-electron chi connectivity index (χ0n) is 13.1. The Morgan fingerprint density at radius 3 is 2.58 bits per heavy atom. The molecule has 1 N–H and O–H groups in total. The van der Waals surface area contributed by atoms with Gasteiger partial charge in [-0.15, -0.1) is 11.3 Å². The molecule has 7 heteroatoms. The third-order valence-corrected chi connectivity index (χ3v) is 5.06. The number of rotatable bonds is 3. The maximum Gasteiger partial charge on any atom is 0.248 e. The van der Waals surface area contributed by atoms with Gasteiger partial charge in [0.2, 0.25) is 5.56 Å². The van der Waals surface area contributed by atoms with Crippen LogP contribution in [0, 0.1) is 0 Å². The summed E-state index contributed by atoms with van der Waals surface area (Å²) < 4.78 is 0. The summed E-state index contributed by atoms with van der Waals surface area (Å²) >= 11 is 1.68. The first-order valence-electron chi connectivity index (χ1n) is 7.84. The lowest BCUT2D eigenvalue weighted by Gasteiger charge is -2.36. The van der Waals surface area contributed by atoms with Crippen molar-refractivity contribution in [3.63, 3.8) is 0 Å². The fraction of sp³-hybridized carbons (Fsp3) is 0.235. The SMILES string of the molecule is O=c1ccc(N2CCN(c3cc(-c4cccs4)ncn3)CC2)c[nH]1. The minimum atomic E-state index is -0.0699. The molecule has 1 saturated heterocycles. The highest BCUT2D eigenvalue weighted by molar-refractivity contribution is 7.13. The largest absolute Gasteiger partial charge is 0.367 e. The van der Waals surface area contributed by atoms with Crippen molar-refractivity contribution < 1.29 is 0 Å². The number of thiophene rings is 1. The molecule has 0 aliphatic carbocycles. The number of hydrogen-bond acceptors (Lipinski definition) is 6. The van der Waals surface area contributed by atoms with E-state index in [4.69, 9.17) is 0 Å². The molecule has 122 valence electrons. The minimum Gasteiger partial charge on any atom is -0.367 e. The lowest BCUT2D eigenvalue weighted by Crippen LogP contribution is -2.47. The van der Waals surface area contributed by atoms with E-state index in [9.17, 15) is 4.79 Å². The maximum atomic E-state index is 11.2. The van der Waals surface area contributed by atoms with Gasteiger partial charge >= 0.3 is 0 Å². The van der Waals surface area contributed by atoms with E-state index >= 15 is 0 Å². The highest BCUT2D eigenvalue weighted by atomic mass is 32.1. The van der Waals surface area contributed by atoms with E-state index in [2.05, 4.69) is 42.3 Å². The molecule has 3 aromatic heterocycles. The fourth-order valence-electron chi connectivity index (χ4n) is 2.87. The predicted molar refractivity (Wildman–Crippen MR) is 96.8 cm³/mol. The molecule has 0 unspecified atom stereocenters. The molecule has 0 radical (unpaired) electrons. The molecule has 4 heterocycles. The minimum absolute atomic E-state index is 0.0699. The van der Waals surface area contributed by atoms with Gasteiger partial charge in [-0.2, -0.15) is 0 Å². The zero-order valence-corrected chi connectivity index (χ0v) is 13.9. The van der Waals surface area contributed by atoms with E-state index < -0.39 is 0 Å². The van der Waals surface area contributed by atoms with Crippen LogP contribution in [0.4, 0.5) is 11.5 Å². The Hall–Kier alpha value is -2.67. The summed E-state index contributed by atoms with van der Waals surface area (Å²) in [5, 5.41) is 2.06. The summed E-state index contributed by atoms with van der Waals surface area (Å²) in [5.74, 6) is 0.967. The molecular formula is C17H17N5OS. The number of aromatic nitrogens is 3. The van der Waals surface area contributed by atoms with Crippen LogP contribution < -0.4 is 15.4 Å². The van der Waals surface area contributed by atoms with Gasteiger partial charge in [0, 0.05) is 44.5 Å². The molecule has 1 aliphatic heterocycles. The molecule has 0 aromatic carbocycles. The van der Waals surface area contributed by atoms with Crippen molar-refractivity contribution in [2.75, 3.05) is 36.0 Å². The van der Waals surface area contributed by atoms with Gasteiger partial charge in [-0.3, -0.25) is 4.79 Å². The Morgan fingerprint density at radius 1 is 1.04 bits per heavy atom. The second kappa shape index (κ2) is 6.45. The third kappa shape index (κ3) is 3.03. The molecule has 0 spiro atoms. The van der Waals surface area contributed by atoms with E-state index in [1.165, 1.54) is 0 Å². The molecule has 0 saturated carbocycles. The van der Waals surface area contributed by atoms with E-state index in [0.717, 1.165) is 48.3 Å². The van der Waals surface area contributed by atoms with Crippen LogP contribution in [0.25, 0.3) is 10.6 Å². The number of hydrogen-bond donors (Lipinski definition) is 1. The van der Waals surface area contributed by atoms with Gasteiger partial charge in [0.25, 0.3) is 0 Å². The second-order valence-corrected chi connectivity index (χ2v) is 6.57. The molecule has 24 heavy (non-hydrogen) atoms. The van der Waals surface area contributed by atoms with Crippen LogP contribution in [0.2, 0.25) is 0 Å². The van der Waals surface area contributed by atoms with Gasteiger partial charge in [0.05, 0.1) is 16.3 Å². The number of nitrogens with one attached hydrogen (secondary N) is 1. The topological polar surface area (TPSA) is 65.1 Å². The Balaban J connectivity index is 1.47. The number of H-pyrrole nitrogens is 1. The molecule has 0 amide bonds. The second-order valence-electron chi connectivity index (χ2n) is 5.62. The Labute approximate surface area is 143 Å². The number of nitrogens with zero attached hydrogens (tertiary/aromatic N) is 4. The first kappa shape index (κ1) is 14.9. The van der Waals surface area contributed by atoms with Crippen molar-refractivity contribution in [2.45, 2.75) is 0 Å². The highest BCUT2D eigenvalue weighted by Crippen LogP contribution is 2.25. The lowest BCUT2D eigenvalue weighted by molar-refractivity contribution is 0.646. The van der Waals surface area contributed by atoms with Crippen LogP contribution in [0.5, 0.6) is 0 Å². The van der Waals surface area contributed by atoms with Crippen molar-refractivity contribution in [1.82, 2.24) is 15.0 Å². The number of piperazine rings is 1. The monoisotopic (exact) mass is 339 g/mol. The van der Waals surface area contributed by atoms with Gasteiger partial charge in [-0.1, -0.05) is 6.07 Å². The maximum absolute atomic E-state index is 11.2. The average molecular weight is 339 g/mol. The van der Waals surface area contributed by atoms with Gasteiger partial charge in [0.15, 0.2) is 0 Å². The summed E-state index contributed by atoms with van der Waals surface area (Å²) in [7, 11) is 0. The number of anilines is 2. The average Bonchev–Trinajstić information content (AvgIpc) is 3.17. The van der Waals surface area contributed by atoms with E-state index in [0.29, 0.717) is 0 Å². The quantitative estimate of drug-likeness (QED) is 0.793. The molecule has 3 aromatic rings. The molecule has 0 atom stereocenters. The summed E-state index contributed by atoms with van der Waals surface area (Å²) in [4.78, 5) is 28.4. The molecular weight excluding hydrogens is 322 g/mol. The smallest absolute Gasteiger partial charge is 0.248 e. The van der Waals surface area contributed by atoms with E-state index in [1.807, 2.05) is 12.1 Å². The van der Waals surface area contributed by atoms with Crippen LogP contribution >= 0.6 is 11.3 Å². The van der Waals surface area contributed by atoms with Gasteiger partial charge in [-0.25, -0.2) is 9.97 Å². The van der Waals surface area contributed by atoms with Gasteiger partial charge in [0.1, 0.15) is 12.1 Å². The van der Waals surface area contributed by atoms with E-state index in [-0.39, 0.29) is 5.56 Å². The fourth-order valence-corrected chi connectivity index (χ4v) is 3.57. The zero-order chi connectivity index (χ0) is 16.4.